The molecule has 74 valence electrons. The number of hydrogen-bond acceptors (Lipinski definition) is 3. The Labute approximate surface area is 82.3 Å². The van der Waals surface area contributed by atoms with Gasteiger partial charge in [-0.2, -0.15) is 0 Å². The van der Waals surface area contributed by atoms with Crippen LogP contribution in [0.1, 0.15) is 6.42 Å². The molecule has 1 aromatic carbocycles. The maximum Gasteiger partial charge on any atom is 0.228 e. The number of hydrogen-bond donors (Lipinski definition) is 2. The third-order valence-corrected chi connectivity index (χ3v) is 1.67. The second kappa shape index (κ2) is 5.75. The number of nitrogens with one attached hydrogen (secondary N) is 2. The van der Waals surface area contributed by atoms with Gasteiger partial charge in [-0.05, 0) is 12.1 Å². The molecule has 0 aliphatic carbocycles. The van der Waals surface area contributed by atoms with E-state index in [-0.39, 0.29) is 12.3 Å². The topological polar surface area (TPSA) is 58.2 Å². The van der Waals surface area contributed by atoms with Gasteiger partial charge in [0.15, 0.2) is 0 Å². The standard InChI is InChI=1S/C10H12N2O2/c13-8-12-10(14)6-7-11-9-4-2-1-3-5-9/h1-5,8,11H,6-7H2,(H,12,13,14). The fourth-order valence-electron chi connectivity index (χ4n) is 1.01. The molecule has 0 saturated heterocycles. The molecule has 0 aliphatic rings. The van der Waals surface area contributed by atoms with Gasteiger partial charge in [-0.1, -0.05) is 18.2 Å². The maximum absolute atomic E-state index is 10.9. The minimum atomic E-state index is -0.275. The minimum absolute atomic E-state index is 0.275. The first-order chi connectivity index (χ1) is 6.83. The lowest BCUT2D eigenvalue weighted by molar-refractivity contribution is -0.125. The van der Waals surface area contributed by atoms with E-state index in [0.29, 0.717) is 13.0 Å². The van der Waals surface area contributed by atoms with E-state index in [2.05, 4.69) is 10.6 Å². The van der Waals surface area contributed by atoms with Crippen LogP contribution in [-0.2, 0) is 9.59 Å². The predicted octanol–water partition coefficient (Wildman–Crippen LogP) is 0.761. The number of benzene rings is 1. The van der Waals surface area contributed by atoms with Crippen molar-refractivity contribution in [3.05, 3.63) is 30.3 Å². The first-order valence-electron chi connectivity index (χ1n) is 4.35. The molecule has 0 spiro atoms. The fourth-order valence-corrected chi connectivity index (χ4v) is 1.01. The molecule has 0 aliphatic heterocycles. The zero-order valence-electron chi connectivity index (χ0n) is 7.69. The maximum atomic E-state index is 10.9. The molecular formula is C10H12N2O2. The van der Waals surface area contributed by atoms with Crippen LogP contribution in [0.25, 0.3) is 0 Å². The Morgan fingerprint density at radius 1 is 1.29 bits per heavy atom. The van der Waals surface area contributed by atoms with Crippen LogP contribution in [0.5, 0.6) is 0 Å². The van der Waals surface area contributed by atoms with Gasteiger partial charge in [0.25, 0.3) is 0 Å². The molecule has 14 heavy (non-hydrogen) atoms. The van der Waals surface area contributed by atoms with E-state index >= 15 is 0 Å². The summed E-state index contributed by atoms with van der Waals surface area (Å²) < 4.78 is 0. The second-order valence-electron chi connectivity index (χ2n) is 2.73. The molecule has 0 fully saturated rings. The van der Waals surface area contributed by atoms with Gasteiger partial charge in [-0.15, -0.1) is 0 Å². The molecule has 1 aromatic rings. The van der Waals surface area contributed by atoms with Gasteiger partial charge in [0.1, 0.15) is 0 Å². The van der Waals surface area contributed by atoms with E-state index < -0.39 is 0 Å². The Bertz CT molecular complexity index is 298. The van der Waals surface area contributed by atoms with Gasteiger partial charge in [-0.3, -0.25) is 14.9 Å². The average Bonchev–Trinajstić information content (AvgIpc) is 2.20. The predicted molar refractivity (Wildman–Crippen MR) is 53.8 cm³/mol. The van der Waals surface area contributed by atoms with Crippen molar-refractivity contribution in [3.8, 4) is 0 Å². The SMILES string of the molecule is O=CNC(=O)CCNc1ccccc1. The summed E-state index contributed by atoms with van der Waals surface area (Å²) in [4.78, 5) is 20.7. The molecule has 2 amide bonds. The van der Waals surface area contributed by atoms with Gasteiger partial charge >= 0.3 is 0 Å². The van der Waals surface area contributed by atoms with Crippen molar-refractivity contribution in [2.75, 3.05) is 11.9 Å². The Morgan fingerprint density at radius 3 is 2.64 bits per heavy atom. The van der Waals surface area contributed by atoms with E-state index in [1.807, 2.05) is 30.3 Å². The highest BCUT2D eigenvalue weighted by Gasteiger charge is 1.98. The normalized spacial score (nSPS) is 9.14. The van der Waals surface area contributed by atoms with Gasteiger partial charge in [-0.25, -0.2) is 0 Å². The summed E-state index contributed by atoms with van der Waals surface area (Å²) in [5.74, 6) is -0.275. The van der Waals surface area contributed by atoms with Gasteiger partial charge < -0.3 is 5.32 Å². The third-order valence-electron chi connectivity index (χ3n) is 1.67. The quantitative estimate of drug-likeness (QED) is 0.677. The third kappa shape index (κ3) is 3.71. The summed E-state index contributed by atoms with van der Waals surface area (Å²) in [6, 6.07) is 9.57. The average molecular weight is 192 g/mol. The van der Waals surface area contributed by atoms with E-state index in [1.54, 1.807) is 0 Å². The summed E-state index contributed by atoms with van der Waals surface area (Å²) in [5, 5.41) is 5.13. The number of anilines is 1. The molecular weight excluding hydrogens is 180 g/mol. The monoisotopic (exact) mass is 192 g/mol. The molecule has 0 bridgehead atoms. The van der Waals surface area contributed by atoms with Crippen molar-refractivity contribution < 1.29 is 9.59 Å². The summed E-state index contributed by atoms with van der Waals surface area (Å²) in [6.45, 7) is 0.518. The lowest BCUT2D eigenvalue weighted by atomic mass is 10.3. The lowest BCUT2D eigenvalue weighted by Gasteiger charge is -2.04. The largest absolute Gasteiger partial charge is 0.385 e. The number of rotatable bonds is 5. The summed E-state index contributed by atoms with van der Waals surface area (Å²) in [5.41, 5.74) is 0.964. The summed E-state index contributed by atoms with van der Waals surface area (Å²) >= 11 is 0. The summed E-state index contributed by atoms with van der Waals surface area (Å²) in [7, 11) is 0. The Morgan fingerprint density at radius 2 is 2.00 bits per heavy atom. The van der Waals surface area contributed by atoms with Crippen molar-refractivity contribution in [2.45, 2.75) is 6.42 Å². The molecule has 0 saturated carbocycles. The Balaban J connectivity index is 2.22. The van der Waals surface area contributed by atoms with Crippen LogP contribution in [0.4, 0.5) is 5.69 Å². The molecule has 0 unspecified atom stereocenters. The summed E-state index contributed by atoms with van der Waals surface area (Å²) in [6.07, 6.45) is 0.679. The van der Waals surface area contributed by atoms with E-state index in [4.69, 9.17) is 0 Å². The van der Waals surface area contributed by atoms with Crippen molar-refractivity contribution >= 4 is 18.0 Å². The highest BCUT2D eigenvalue weighted by atomic mass is 16.2. The van der Waals surface area contributed by atoms with Crippen LogP contribution in [0.3, 0.4) is 0 Å². The molecule has 4 nitrogen and oxygen atoms in total. The van der Waals surface area contributed by atoms with Crippen molar-refractivity contribution in [3.63, 3.8) is 0 Å². The molecule has 0 atom stereocenters. The zero-order valence-corrected chi connectivity index (χ0v) is 7.69. The Kier molecular flexibility index (Phi) is 4.20. The van der Waals surface area contributed by atoms with Crippen molar-refractivity contribution in [1.82, 2.24) is 5.32 Å². The second-order valence-corrected chi connectivity index (χ2v) is 2.73. The van der Waals surface area contributed by atoms with Crippen LogP contribution in [-0.4, -0.2) is 18.9 Å². The lowest BCUT2D eigenvalue weighted by Crippen LogP contribution is -2.23. The molecule has 0 radical (unpaired) electrons. The Hall–Kier alpha value is -1.84. The van der Waals surface area contributed by atoms with Gasteiger partial charge in [0, 0.05) is 18.7 Å². The van der Waals surface area contributed by atoms with Crippen LogP contribution >= 0.6 is 0 Å². The molecule has 2 N–H and O–H groups in total. The van der Waals surface area contributed by atoms with Crippen molar-refractivity contribution in [1.29, 1.82) is 0 Å². The highest BCUT2D eigenvalue weighted by Crippen LogP contribution is 2.04. The van der Waals surface area contributed by atoms with Gasteiger partial charge in [0.05, 0.1) is 0 Å². The number of imide groups is 1. The fraction of sp³-hybridized carbons (Fsp3) is 0.200. The molecule has 1 rings (SSSR count). The van der Waals surface area contributed by atoms with Crippen LogP contribution in [0.15, 0.2) is 30.3 Å². The van der Waals surface area contributed by atoms with Crippen LogP contribution < -0.4 is 10.6 Å². The smallest absolute Gasteiger partial charge is 0.228 e. The van der Waals surface area contributed by atoms with Crippen molar-refractivity contribution in [2.24, 2.45) is 0 Å². The zero-order chi connectivity index (χ0) is 10.2. The van der Waals surface area contributed by atoms with E-state index in [1.165, 1.54) is 0 Å². The number of para-hydroxylation sites is 1. The van der Waals surface area contributed by atoms with E-state index in [9.17, 15) is 9.59 Å². The number of carbonyl (C=O) groups excluding carboxylic acids is 2. The van der Waals surface area contributed by atoms with E-state index in [0.717, 1.165) is 5.69 Å². The number of carbonyl (C=O) groups is 2. The number of amides is 2. The first-order valence-corrected chi connectivity index (χ1v) is 4.35. The van der Waals surface area contributed by atoms with Gasteiger partial charge in [0.2, 0.25) is 12.3 Å². The minimum Gasteiger partial charge on any atom is -0.385 e. The molecule has 0 aromatic heterocycles. The highest BCUT2D eigenvalue weighted by molar-refractivity contribution is 5.86. The van der Waals surface area contributed by atoms with Crippen LogP contribution in [0.2, 0.25) is 0 Å². The van der Waals surface area contributed by atoms with Crippen LogP contribution in [0, 0.1) is 0 Å². The molecule has 4 heteroatoms. The first kappa shape index (κ1) is 10.2. The molecule has 0 heterocycles.